The van der Waals surface area contributed by atoms with Crippen LogP contribution in [0.4, 0.5) is 0 Å². The van der Waals surface area contributed by atoms with Crippen LogP contribution in [0.2, 0.25) is 0 Å². The van der Waals surface area contributed by atoms with Gasteiger partial charge in [-0.1, -0.05) is 42.5 Å². The molecular formula is C20H17NS. The van der Waals surface area contributed by atoms with Crippen LogP contribution in [-0.2, 0) is 6.42 Å². The molecule has 22 heavy (non-hydrogen) atoms. The summed E-state index contributed by atoms with van der Waals surface area (Å²) in [6, 6.07) is 23.1. The Morgan fingerprint density at radius 3 is 2.55 bits per heavy atom. The molecule has 0 N–H and O–H groups in total. The fraction of sp³-hybridized carbons (Fsp3) is 0.150. The van der Waals surface area contributed by atoms with Crippen molar-refractivity contribution < 1.29 is 0 Å². The lowest BCUT2D eigenvalue weighted by molar-refractivity contribution is 1.16. The van der Waals surface area contributed by atoms with Gasteiger partial charge in [-0.25, -0.2) is 0 Å². The number of thioether (sulfide) groups is 1. The minimum Gasteiger partial charge on any atom is -0.192 e. The van der Waals surface area contributed by atoms with Crippen molar-refractivity contribution in [2.75, 3.05) is 12.0 Å². The Morgan fingerprint density at radius 2 is 1.73 bits per heavy atom. The van der Waals surface area contributed by atoms with Gasteiger partial charge in [-0.05, 0) is 64.1 Å². The smallest absolute Gasteiger partial charge is 0.0991 e. The third-order valence-electron chi connectivity index (χ3n) is 3.87. The summed E-state index contributed by atoms with van der Waals surface area (Å²) in [6.45, 7) is 0. The van der Waals surface area contributed by atoms with Crippen molar-refractivity contribution >= 4 is 22.5 Å². The maximum Gasteiger partial charge on any atom is 0.0991 e. The molecule has 1 nitrogen and oxygen atoms in total. The van der Waals surface area contributed by atoms with E-state index in [0.717, 1.165) is 17.6 Å². The summed E-state index contributed by atoms with van der Waals surface area (Å²) in [4.78, 5) is 0. The molecule has 0 unspecified atom stereocenters. The molecule has 0 spiro atoms. The Hall–Kier alpha value is -2.24. The summed E-state index contributed by atoms with van der Waals surface area (Å²) in [5.41, 5.74) is 4.65. The second-order valence-electron chi connectivity index (χ2n) is 5.29. The number of hydrogen-bond donors (Lipinski definition) is 0. The van der Waals surface area contributed by atoms with Gasteiger partial charge in [0.05, 0.1) is 11.6 Å². The minimum absolute atomic E-state index is 0.709. The number of fused-ring (bicyclic) bond motifs is 1. The van der Waals surface area contributed by atoms with Gasteiger partial charge >= 0.3 is 0 Å². The maximum absolute atomic E-state index is 9.00. The Bertz CT molecular complexity index is 846. The molecule has 3 aromatic carbocycles. The van der Waals surface area contributed by atoms with Gasteiger partial charge in [-0.2, -0.15) is 17.0 Å². The zero-order valence-corrected chi connectivity index (χ0v) is 13.4. The SMILES string of the molecule is CSCCc1ccccc1-c1ccc2cc(C#N)ccc2c1. The molecule has 3 aromatic rings. The largest absolute Gasteiger partial charge is 0.192 e. The predicted octanol–water partition coefficient (Wildman–Crippen LogP) is 5.28. The highest BCUT2D eigenvalue weighted by Crippen LogP contribution is 2.28. The lowest BCUT2D eigenvalue weighted by Gasteiger charge is -2.10. The average molecular weight is 303 g/mol. The number of aryl methyl sites for hydroxylation is 1. The summed E-state index contributed by atoms with van der Waals surface area (Å²) < 4.78 is 0. The van der Waals surface area contributed by atoms with Gasteiger partial charge in [0.1, 0.15) is 0 Å². The fourth-order valence-electron chi connectivity index (χ4n) is 2.71. The number of hydrogen-bond acceptors (Lipinski definition) is 2. The fourth-order valence-corrected chi connectivity index (χ4v) is 3.14. The van der Waals surface area contributed by atoms with Crippen LogP contribution in [0.5, 0.6) is 0 Å². The molecule has 0 radical (unpaired) electrons. The van der Waals surface area contributed by atoms with Crippen molar-refractivity contribution in [2.45, 2.75) is 6.42 Å². The zero-order valence-electron chi connectivity index (χ0n) is 12.5. The topological polar surface area (TPSA) is 23.8 Å². The Balaban J connectivity index is 2.05. The normalized spacial score (nSPS) is 10.5. The molecule has 0 fully saturated rings. The van der Waals surface area contributed by atoms with Gasteiger partial charge in [0.15, 0.2) is 0 Å². The highest BCUT2D eigenvalue weighted by Gasteiger charge is 2.06. The van der Waals surface area contributed by atoms with E-state index in [-0.39, 0.29) is 0 Å². The second-order valence-corrected chi connectivity index (χ2v) is 6.27. The molecule has 3 rings (SSSR count). The molecule has 0 atom stereocenters. The van der Waals surface area contributed by atoms with Crippen LogP contribution in [0.1, 0.15) is 11.1 Å². The van der Waals surface area contributed by atoms with Gasteiger partial charge in [0.2, 0.25) is 0 Å². The molecule has 0 heterocycles. The second kappa shape index (κ2) is 6.68. The predicted molar refractivity (Wildman–Crippen MR) is 96.2 cm³/mol. The summed E-state index contributed by atoms with van der Waals surface area (Å²) in [6.07, 6.45) is 3.23. The number of nitrogens with zero attached hydrogens (tertiary/aromatic N) is 1. The monoisotopic (exact) mass is 303 g/mol. The molecule has 0 bridgehead atoms. The Labute approximate surface area is 135 Å². The Morgan fingerprint density at radius 1 is 0.955 bits per heavy atom. The molecular weight excluding hydrogens is 286 g/mol. The standard InChI is InChI=1S/C20H17NS/c1-22-11-10-16-4-2-3-5-20(16)19-9-8-17-12-15(14-21)6-7-18(17)13-19/h2-9,12-13H,10-11H2,1H3. The van der Waals surface area contributed by atoms with E-state index in [9.17, 15) is 0 Å². The molecule has 0 aromatic heterocycles. The summed E-state index contributed by atoms with van der Waals surface area (Å²) in [7, 11) is 0. The quantitative estimate of drug-likeness (QED) is 0.654. The summed E-state index contributed by atoms with van der Waals surface area (Å²) in [5, 5.41) is 11.3. The van der Waals surface area contributed by atoms with Crippen LogP contribution >= 0.6 is 11.8 Å². The van der Waals surface area contributed by atoms with Gasteiger partial charge in [-0.15, -0.1) is 0 Å². The van der Waals surface area contributed by atoms with Crippen LogP contribution in [0, 0.1) is 11.3 Å². The molecule has 0 aliphatic carbocycles. The third-order valence-corrected chi connectivity index (χ3v) is 4.49. The van der Waals surface area contributed by atoms with Gasteiger partial charge in [0.25, 0.3) is 0 Å². The van der Waals surface area contributed by atoms with Crippen molar-refractivity contribution in [2.24, 2.45) is 0 Å². The maximum atomic E-state index is 9.00. The molecule has 0 saturated carbocycles. The first-order valence-electron chi connectivity index (χ1n) is 7.33. The van der Waals surface area contributed by atoms with Gasteiger partial charge in [0, 0.05) is 0 Å². The molecule has 0 amide bonds. The minimum atomic E-state index is 0.709. The van der Waals surface area contributed by atoms with Crippen LogP contribution < -0.4 is 0 Å². The lowest BCUT2D eigenvalue weighted by atomic mass is 9.95. The van der Waals surface area contributed by atoms with Crippen LogP contribution in [0.3, 0.4) is 0 Å². The van der Waals surface area contributed by atoms with Crippen molar-refractivity contribution in [1.82, 2.24) is 0 Å². The number of benzene rings is 3. The third kappa shape index (κ3) is 3.00. The highest BCUT2D eigenvalue weighted by atomic mass is 32.2. The molecule has 2 heteroatoms. The van der Waals surface area contributed by atoms with Crippen molar-refractivity contribution in [1.29, 1.82) is 5.26 Å². The van der Waals surface area contributed by atoms with Crippen molar-refractivity contribution in [3.05, 3.63) is 71.8 Å². The van der Waals surface area contributed by atoms with E-state index in [1.807, 2.05) is 30.0 Å². The van der Waals surface area contributed by atoms with Crippen LogP contribution in [0.25, 0.3) is 21.9 Å². The van der Waals surface area contributed by atoms with Gasteiger partial charge in [-0.3, -0.25) is 0 Å². The lowest BCUT2D eigenvalue weighted by Crippen LogP contribution is -1.92. The van der Waals surface area contributed by atoms with E-state index in [1.165, 1.54) is 22.1 Å². The summed E-state index contributed by atoms with van der Waals surface area (Å²) in [5.74, 6) is 1.14. The van der Waals surface area contributed by atoms with Crippen LogP contribution in [-0.4, -0.2) is 12.0 Å². The first-order chi connectivity index (χ1) is 10.8. The molecule has 0 aliphatic heterocycles. The first-order valence-corrected chi connectivity index (χ1v) is 8.72. The van der Waals surface area contributed by atoms with Gasteiger partial charge < -0.3 is 0 Å². The van der Waals surface area contributed by atoms with E-state index in [2.05, 4.69) is 54.8 Å². The molecule has 0 aliphatic rings. The Kier molecular flexibility index (Phi) is 4.46. The molecule has 0 saturated heterocycles. The van der Waals surface area contributed by atoms with E-state index in [0.29, 0.717) is 5.56 Å². The summed E-state index contributed by atoms with van der Waals surface area (Å²) >= 11 is 1.88. The van der Waals surface area contributed by atoms with E-state index < -0.39 is 0 Å². The zero-order chi connectivity index (χ0) is 15.4. The van der Waals surface area contributed by atoms with E-state index >= 15 is 0 Å². The van der Waals surface area contributed by atoms with Crippen LogP contribution in [0.15, 0.2) is 60.7 Å². The average Bonchev–Trinajstić information content (AvgIpc) is 2.59. The molecule has 108 valence electrons. The number of rotatable bonds is 4. The van der Waals surface area contributed by atoms with Crippen molar-refractivity contribution in [3.8, 4) is 17.2 Å². The highest BCUT2D eigenvalue weighted by molar-refractivity contribution is 7.98. The first kappa shape index (κ1) is 14.7. The van der Waals surface area contributed by atoms with Crippen molar-refractivity contribution in [3.63, 3.8) is 0 Å². The van der Waals surface area contributed by atoms with E-state index in [1.54, 1.807) is 0 Å². The number of nitriles is 1. The van der Waals surface area contributed by atoms with E-state index in [4.69, 9.17) is 5.26 Å².